The van der Waals surface area contributed by atoms with Crippen LogP contribution < -0.4 is 5.32 Å². The first-order valence-corrected chi connectivity index (χ1v) is 4.33. The first kappa shape index (κ1) is 10.4. The molecule has 0 radical (unpaired) electrons. The normalized spacial score (nSPS) is 9.64. The van der Waals surface area contributed by atoms with Crippen molar-refractivity contribution in [3.05, 3.63) is 23.8 Å². The third kappa shape index (κ3) is 3.01. The second kappa shape index (κ2) is 4.55. The zero-order chi connectivity index (χ0) is 10.6. The standard InChI is InChI=1S/C9H14N4O/c1-7-10-5-4-8(12-7)6-11-9(14)13(2)3/h4-5H,6H2,1-3H3,(H,11,14). The van der Waals surface area contributed by atoms with Crippen molar-refractivity contribution >= 4 is 6.03 Å². The summed E-state index contributed by atoms with van der Waals surface area (Å²) in [5.74, 6) is 0.710. The van der Waals surface area contributed by atoms with Gasteiger partial charge in [-0.3, -0.25) is 0 Å². The van der Waals surface area contributed by atoms with Gasteiger partial charge < -0.3 is 10.2 Å². The number of hydrogen-bond acceptors (Lipinski definition) is 3. The minimum absolute atomic E-state index is 0.124. The van der Waals surface area contributed by atoms with Crippen molar-refractivity contribution in [2.45, 2.75) is 13.5 Å². The van der Waals surface area contributed by atoms with Gasteiger partial charge in [0.1, 0.15) is 5.82 Å². The second-order valence-electron chi connectivity index (χ2n) is 3.15. The predicted octanol–water partition coefficient (Wildman–Crippen LogP) is 0.556. The number of aromatic nitrogens is 2. The fourth-order valence-electron chi connectivity index (χ4n) is 0.928. The van der Waals surface area contributed by atoms with E-state index in [4.69, 9.17) is 0 Å². The van der Waals surface area contributed by atoms with Crippen molar-refractivity contribution in [1.82, 2.24) is 20.2 Å². The van der Waals surface area contributed by atoms with Gasteiger partial charge >= 0.3 is 6.03 Å². The molecular formula is C9H14N4O. The molecule has 0 saturated carbocycles. The SMILES string of the molecule is Cc1nccc(CNC(=O)N(C)C)n1. The number of aryl methyl sites for hydroxylation is 1. The van der Waals surface area contributed by atoms with Crippen LogP contribution in [0.1, 0.15) is 11.5 Å². The average molecular weight is 194 g/mol. The molecule has 0 spiro atoms. The molecule has 1 aromatic rings. The Morgan fingerprint density at radius 2 is 2.29 bits per heavy atom. The lowest BCUT2D eigenvalue weighted by atomic mass is 10.4. The molecule has 0 atom stereocenters. The number of hydrogen-bond donors (Lipinski definition) is 1. The largest absolute Gasteiger partial charge is 0.332 e. The highest BCUT2D eigenvalue weighted by Crippen LogP contribution is 1.94. The van der Waals surface area contributed by atoms with Gasteiger partial charge in [0.2, 0.25) is 0 Å². The van der Waals surface area contributed by atoms with Crippen molar-refractivity contribution in [1.29, 1.82) is 0 Å². The highest BCUT2D eigenvalue weighted by atomic mass is 16.2. The zero-order valence-corrected chi connectivity index (χ0v) is 8.61. The maximum atomic E-state index is 11.2. The molecule has 2 amide bonds. The van der Waals surface area contributed by atoms with Crippen LogP contribution in [-0.4, -0.2) is 35.0 Å². The molecule has 1 aromatic heterocycles. The minimum atomic E-state index is -0.124. The Hall–Kier alpha value is -1.65. The van der Waals surface area contributed by atoms with Gasteiger partial charge in [-0.05, 0) is 13.0 Å². The Morgan fingerprint density at radius 1 is 1.57 bits per heavy atom. The Balaban J connectivity index is 2.50. The summed E-state index contributed by atoms with van der Waals surface area (Å²) >= 11 is 0. The zero-order valence-electron chi connectivity index (χ0n) is 8.61. The van der Waals surface area contributed by atoms with Crippen molar-refractivity contribution in [3.63, 3.8) is 0 Å². The first-order valence-electron chi connectivity index (χ1n) is 4.33. The van der Waals surface area contributed by atoms with E-state index in [0.29, 0.717) is 12.4 Å². The molecule has 1 N–H and O–H groups in total. The quantitative estimate of drug-likeness (QED) is 0.748. The number of amides is 2. The molecule has 0 unspecified atom stereocenters. The Labute approximate surface area is 83.2 Å². The van der Waals surface area contributed by atoms with E-state index in [2.05, 4.69) is 15.3 Å². The van der Waals surface area contributed by atoms with Crippen molar-refractivity contribution in [3.8, 4) is 0 Å². The lowest BCUT2D eigenvalue weighted by Gasteiger charge is -2.11. The van der Waals surface area contributed by atoms with Crippen molar-refractivity contribution < 1.29 is 4.79 Å². The Kier molecular flexibility index (Phi) is 3.39. The molecule has 0 saturated heterocycles. The van der Waals surface area contributed by atoms with E-state index >= 15 is 0 Å². The van der Waals surface area contributed by atoms with Crippen LogP contribution in [0.4, 0.5) is 4.79 Å². The summed E-state index contributed by atoms with van der Waals surface area (Å²) in [5.41, 5.74) is 0.813. The molecule has 0 aliphatic rings. The van der Waals surface area contributed by atoms with E-state index in [0.717, 1.165) is 5.69 Å². The van der Waals surface area contributed by atoms with Crippen LogP contribution in [-0.2, 0) is 6.54 Å². The van der Waals surface area contributed by atoms with E-state index in [-0.39, 0.29) is 6.03 Å². The lowest BCUT2D eigenvalue weighted by Crippen LogP contribution is -2.34. The van der Waals surface area contributed by atoms with Crippen molar-refractivity contribution in [2.24, 2.45) is 0 Å². The molecule has 1 rings (SSSR count). The van der Waals surface area contributed by atoms with Crippen molar-refractivity contribution in [2.75, 3.05) is 14.1 Å². The van der Waals surface area contributed by atoms with Gasteiger partial charge in [0.15, 0.2) is 0 Å². The van der Waals surface area contributed by atoms with Crippen LogP contribution in [0.2, 0.25) is 0 Å². The van der Waals surface area contributed by atoms with Gasteiger partial charge in [-0.1, -0.05) is 0 Å². The summed E-state index contributed by atoms with van der Waals surface area (Å²) in [6.45, 7) is 2.25. The van der Waals surface area contributed by atoms with Crippen LogP contribution in [0, 0.1) is 6.92 Å². The van der Waals surface area contributed by atoms with Gasteiger partial charge in [-0.2, -0.15) is 0 Å². The number of carbonyl (C=O) groups is 1. The smallest absolute Gasteiger partial charge is 0.317 e. The highest BCUT2D eigenvalue weighted by molar-refractivity contribution is 5.73. The molecule has 0 aromatic carbocycles. The summed E-state index contributed by atoms with van der Waals surface area (Å²) in [6.07, 6.45) is 1.68. The summed E-state index contributed by atoms with van der Waals surface area (Å²) in [4.78, 5) is 20.8. The van der Waals surface area contributed by atoms with Gasteiger partial charge in [-0.15, -0.1) is 0 Å². The first-order chi connectivity index (χ1) is 6.59. The summed E-state index contributed by atoms with van der Waals surface area (Å²) in [6, 6.07) is 1.66. The molecule has 1 heterocycles. The molecule has 0 fully saturated rings. The third-order valence-electron chi connectivity index (χ3n) is 1.66. The average Bonchev–Trinajstić information content (AvgIpc) is 2.14. The van der Waals surface area contributed by atoms with Crippen LogP contribution in [0.15, 0.2) is 12.3 Å². The van der Waals surface area contributed by atoms with Crippen LogP contribution in [0.5, 0.6) is 0 Å². The third-order valence-corrected chi connectivity index (χ3v) is 1.66. The number of nitrogens with one attached hydrogen (secondary N) is 1. The minimum Gasteiger partial charge on any atom is -0.332 e. The molecule has 5 nitrogen and oxygen atoms in total. The monoisotopic (exact) mass is 194 g/mol. The predicted molar refractivity (Wildman–Crippen MR) is 52.7 cm³/mol. The number of urea groups is 1. The highest BCUT2D eigenvalue weighted by Gasteiger charge is 2.02. The van der Waals surface area contributed by atoms with E-state index in [1.807, 2.05) is 6.92 Å². The number of nitrogens with zero attached hydrogens (tertiary/aromatic N) is 3. The van der Waals surface area contributed by atoms with E-state index in [1.165, 1.54) is 4.90 Å². The van der Waals surface area contributed by atoms with Crippen LogP contribution >= 0.6 is 0 Å². The van der Waals surface area contributed by atoms with E-state index < -0.39 is 0 Å². The second-order valence-corrected chi connectivity index (χ2v) is 3.15. The van der Waals surface area contributed by atoms with Crippen LogP contribution in [0.3, 0.4) is 0 Å². The van der Waals surface area contributed by atoms with Gasteiger partial charge in [0, 0.05) is 20.3 Å². The molecule has 0 aliphatic heterocycles. The maximum Gasteiger partial charge on any atom is 0.317 e. The summed E-state index contributed by atoms with van der Waals surface area (Å²) in [7, 11) is 3.39. The number of rotatable bonds is 2. The van der Waals surface area contributed by atoms with Crippen LogP contribution in [0.25, 0.3) is 0 Å². The Morgan fingerprint density at radius 3 is 2.86 bits per heavy atom. The maximum absolute atomic E-state index is 11.2. The van der Waals surface area contributed by atoms with Gasteiger partial charge in [-0.25, -0.2) is 14.8 Å². The molecule has 0 bridgehead atoms. The molecule has 76 valence electrons. The fraction of sp³-hybridized carbons (Fsp3) is 0.444. The number of carbonyl (C=O) groups excluding carboxylic acids is 1. The molecular weight excluding hydrogens is 180 g/mol. The topological polar surface area (TPSA) is 58.1 Å². The lowest BCUT2D eigenvalue weighted by molar-refractivity contribution is 0.217. The summed E-state index contributed by atoms with van der Waals surface area (Å²) in [5, 5.41) is 2.72. The van der Waals surface area contributed by atoms with E-state index in [1.54, 1.807) is 26.4 Å². The molecule has 0 aliphatic carbocycles. The fourth-order valence-corrected chi connectivity index (χ4v) is 0.928. The molecule has 14 heavy (non-hydrogen) atoms. The van der Waals surface area contributed by atoms with Gasteiger partial charge in [0.25, 0.3) is 0 Å². The van der Waals surface area contributed by atoms with Gasteiger partial charge in [0.05, 0.1) is 12.2 Å². The Bertz CT molecular complexity index is 324. The van der Waals surface area contributed by atoms with E-state index in [9.17, 15) is 4.79 Å². The molecule has 5 heteroatoms. The summed E-state index contributed by atoms with van der Waals surface area (Å²) < 4.78 is 0.